The molecule has 0 atom stereocenters. The molecule has 0 bridgehead atoms. The van der Waals surface area contributed by atoms with Crippen LogP contribution in [0.25, 0.3) is 21.9 Å². The summed E-state index contributed by atoms with van der Waals surface area (Å²) in [4.78, 5) is 15.9. The summed E-state index contributed by atoms with van der Waals surface area (Å²) in [5, 5.41) is 11.8. The fraction of sp³-hybridized carbons (Fsp3) is 0. The molecule has 0 aliphatic rings. The summed E-state index contributed by atoms with van der Waals surface area (Å²) >= 11 is 0. The van der Waals surface area contributed by atoms with Crippen LogP contribution in [0, 0.1) is 0 Å². The molecule has 0 aliphatic carbocycles. The Hall–Kier alpha value is -6.13. The van der Waals surface area contributed by atoms with Gasteiger partial charge >= 0.3 is 5.97 Å². The highest BCUT2D eigenvalue weighted by Gasteiger charge is 2.16. The molecule has 7 aromatic carbocycles. The van der Waals surface area contributed by atoms with E-state index in [1.54, 1.807) is 12.1 Å². The lowest BCUT2D eigenvalue weighted by Crippen LogP contribution is -2.10. The number of hydrogen-bond donors (Lipinski definition) is 1. The second-order valence-electron chi connectivity index (χ2n) is 10.8. The summed E-state index contributed by atoms with van der Waals surface area (Å²) in [6.07, 6.45) is 0. The Kier molecular flexibility index (Phi) is 7.53. The van der Waals surface area contributed by atoms with Crippen LogP contribution in [0.2, 0.25) is 0 Å². The van der Waals surface area contributed by atoms with E-state index in [1.807, 2.05) is 48.5 Å². The van der Waals surface area contributed by atoms with Gasteiger partial charge in [-0.05, 0) is 95.4 Å². The minimum atomic E-state index is -0.938. The lowest BCUT2D eigenvalue weighted by molar-refractivity contribution is 0.0697. The number of carboxylic acid groups (broad SMARTS) is 1. The molecule has 4 heteroatoms. The highest BCUT2D eigenvalue weighted by atomic mass is 16.4. The summed E-state index contributed by atoms with van der Waals surface area (Å²) < 4.78 is 0. The number of hydrogen-bond acceptors (Lipinski definition) is 3. The quantitative estimate of drug-likeness (QED) is 0.194. The average molecular weight is 583 g/mol. The first-order valence-corrected chi connectivity index (χ1v) is 14.9. The van der Waals surface area contributed by atoms with Crippen LogP contribution in [0.15, 0.2) is 176 Å². The molecule has 0 saturated carbocycles. The van der Waals surface area contributed by atoms with Gasteiger partial charge in [0.15, 0.2) is 0 Å². The van der Waals surface area contributed by atoms with Crippen LogP contribution < -0.4 is 9.80 Å². The molecule has 0 aliphatic heterocycles. The van der Waals surface area contributed by atoms with Gasteiger partial charge in [-0.25, -0.2) is 4.79 Å². The predicted octanol–water partition coefficient (Wildman–Crippen LogP) is 11.1. The first kappa shape index (κ1) is 27.7. The molecule has 7 rings (SSSR count). The molecular weight excluding hydrogens is 552 g/mol. The third-order valence-corrected chi connectivity index (χ3v) is 7.99. The van der Waals surface area contributed by atoms with Crippen molar-refractivity contribution in [2.24, 2.45) is 0 Å². The van der Waals surface area contributed by atoms with E-state index in [0.29, 0.717) is 0 Å². The van der Waals surface area contributed by atoms with Crippen molar-refractivity contribution < 1.29 is 9.90 Å². The minimum absolute atomic E-state index is 0.261. The normalized spacial score (nSPS) is 10.8. The van der Waals surface area contributed by atoms with Gasteiger partial charge in [0.25, 0.3) is 0 Å². The molecule has 0 amide bonds. The van der Waals surface area contributed by atoms with Crippen molar-refractivity contribution in [1.29, 1.82) is 0 Å². The molecule has 0 saturated heterocycles. The monoisotopic (exact) mass is 582 g/mol. The van der Waals surface area contributed by atoms with Gasteiger partial charge in [0, 0.05) is 33.8 Å². The Bertz CT molecular complexity index is 2050. The summed E-state index contributed by atoms with van der Waals surface area (Å²) in [6.45, 7) is 0. The molecule has 45 heavy (non-hydrogen) atoms. The number of nitrogens with zero attached hydrogens (tertiary/aromatic N) is 2. The Balaban J connectivity index is 1.22. The van der Waals surface area contributed by atoms with Crippen molar-refractivity contribution in [2.75, 3.05) is 9.80 Å². The minimum Gasteiger partial charge on any atom is -0.478 e. The summed E-state index contributed by atoms with van der Waals surface area (Å²) in [6, 6.07) is 59.6. The number of carboxylic acids is 1. The van der Waals surface area contributed by atoms with E-state index < -0.39 is 5.97 Å². The van der Waals surface area contributed by atoms with Crippen LogP contribution in [0.5, 0.6) is 0 Å². The third kappa shape index (κ3) is 5.65. The summed E-state index contributed by atoms with van der Waals surface area (Å²) in [5.41, 5.74) is 8.66. The molecule has 0 aromatic heterocycles. The number of fused-ring (bicyclic) bond motifs is 1. The van der Waals surface area contributed by atoms with E-state index in [4.69, 9.17) is 0 Å². The molecule has 4 nitrogen and oxygen atoms in total. The Morgan fingerprint density at radius 2 is 0.822 bits per heavy atom. The van der Waals surface area contributed by atoms with E-state index in [-0.39, 0.29) is 5.56 Å². The third-order valence-electron chi connectivity index (χ3n) is 7.99. The zero-order valence-corrected chi connectivity index (χ0v) is 24.5. The van der Waals surface area contributed by atoms with E-state index >= 15 is 0 Å². The molecule has 0 radical (unpaired) electrons. The standard InChI is InChI=1S/C41H30N2O2/c44-41(45)33-22-28-37(29-23-33)42(34-12-3-1-4-13-34)36-24-18-30(19-25-36)31-20-26-38(27-21-31)43(35-14-5-2-6-15-35)40-17-9-11-32-10-7-8-16-39(32)40/h1-29H,(H,44,45). The largest absolute Gasteiger partial charge is 0.478 e. The zero-order chi connectivity index (χ0) is 30.6. The maximum Gasteiger partial charge on any atom is 0.335 e. The first-order valence-electron chi connectivity index (χ1n) is 14.9. The highest BCUT2D eigenvalue weighted by Crippen LogP contribution is 2.40. The van der Waals surface area contributed by atoms with Crippen molar-refractivity contribution in [1.82, 2.24) is 0 Å². The average Bonchev–Trinajstić information content (AvgIpc) is 3.10. The predicted molar refractivity (Wildman–Crippen MR) is 186 cm³/mol. The van der Waals surface area contributed by atoms with E-state index in [2.05, 4.69) is 125 Å². The lowest BCUT2D eigenvalue weighted by atomic mass is 10.0. The van der Waals surface area contributed by atoms with Gasteiger partial charge < -0.3 is 14.9 Å². The van der Waals surface area contributed by atoms with E-state index in [0.717, 1.165) is 45.3 Å². The van der Waals surface area contributed by atoms with Crippen LogP contribution in [-0.4, -0.2) is 11.1 Å². The number of aromatic carboxylic acids is 1. The fourth-order valence-corrected chi connectivity index (χ4v) is 5.79. The van der Waals surface area contributed by atoms with Crippen molar-refractivity contribution in [3.63, 3.8) is 0 Å². The van der Waals surface area contributed by atoms with Crippen molar-refractivity contribution in [3.8, 4) is 11.1 Å². The Morgan fingerprint density at radius 3 is 1.38 bits per heavy atom. The SMILES string of the molecule is O=C(O)c1ccc(N(c2ccccc2)c2ccc(-c3ccc(N(c4ccccc4)c4cccc5ccccc45)cc3)cc2)cc1. The first-order chi connectivity index (χ1) is 22.2. The molecular formula is C41H30N2O2. The molecule has 7 aromatic rings. The second-order valence-corrected chi connectivity index (χ2v) is 10.8. The molecule has 0 heterocycles. The van der Waals surface area contributed by atoms with Crippen LogP contribution in [0.1, 0.15) is 10.4 Å². The fourth-order valence-electron chi connectivity index (χ4n) is 5.79. The summed E-state index contributed by atoms with van der Waals surface area (Å²) in [5.74, 6) is -0.938. The lowest BCUT2D eigenvalue weighted by Gasteiger charge is -2.27. The van der Waals surface area contributed by atoms with Gasteiger partial charge in [-0.15, -0.1) is 0 Å². The van der Waals surface area contributed by atoms with Crippen molar-refractivity contribution in [2.45, 2.75) is 0 Å². The van der Waals surface area contributed by atoms with Gasteiger partial charge in [-0.1, -0.05) is 97.1 Å². The van der Waals surface area contributed by atoms with Gasteiger partial charge in [0.2, 0.25) is 0 Å². The van der Waals surface area contributed by atoms with Crippen molar-refractivity contribution >= 4 is 50.9 Å². The Labute approximate surface area is 262 Å². The maximum atomic E-state index is 11.4. The van der Waals surface area contributed by atoms with Gasteiger partial charge in [0.1, 0.15) is 0 Å². The maximum absolute atomic E-state index is 11.4. The number of rotatable bonds is 8. The molecule has 216 valence electrons. The Morgan fingerprint density at radius 1 is 0.400 bits per heavy atom. The molecule has 0 unspecified atom stereocenters. The molecule has 0 spiro atoms. The van der Waals surface area contributed by atoms with Crippen LogP contribution in [0.3, 0.4) is 0 Å². The van der Waals surface area contributed by atoms with Crippen LogP contribution in [-0.2, 0) is 0 Å². The molecule has 0 fully saturated rings. The van der Waals surface area contributed by atoms with E-state index in [9.17, 15) is 9.90 Å². The summed E-state index contributed by atoms with van der Waals surface area (Å²) in [7, 11) is 0. The zero-order valence-electron chi connectivity index (χ0n) is 24.5. The highest BCUT2D eigenvalue weighted by molar-refractivity contribution is 5.99. The second kappa shape index (κ2) is 12.2. The van der Waals surface area contributed by atoms with Crippen LogP contribution in [0.4, 0.5) is 34.1 Å². The smallest absolute Gasteiger partial charge is 0.335 e. The van der Waals surface area contributed by atoms with E-state index in [1.165, 1.54) is 10.8 Å². The topological polar surface area (TPSA) is 43.8 Å². The van der Waals surface area contributed by atoms with Crippen LogP contribution >= 0.6 is 0 Å². The van der Waals surface area contributed by atoms with Gasteiger partial charge in [-0.2, -0.15) is 0 Å². The van der Waals surface area contributed by atoms with Crippen molar-refractivity contribution in [3.05, 3.63) is 181 Å². The number of para-hydroxylation sites is 2. The van der Waals surface area contributed by atoms with Gasteiger partial charge in [0.05, 0.1) is 11.3 Å². The number of anilines is 6. The number of benzene rings is 7. The number of carbonyl (C=O) groups is 1. The van der Waals surface area contributed by atoms with Gasteiger partial charge in [-0.3, -0.25) is 0 Å². The molecule has 1 N–H and O–H groups in total.